The van der Waals surface area contributed by atoms with Gasteiger partial charge in [-0.25, -0.2) is 0 Å². The molecule has 0 aliphatic carbocycles. The minimum Gasteiger partial charge on any atom is -0.393 e. The van der Waals surface area contributed by atoms with E-state index in [4.69, 9.17) is 5.73 Å². The Hall–Kier alpha value is -0.570. The van der Waals surface area contributed by atoms with E-state index in [1.165, 1.54) is 0 Å². The molecule has 0 spiro atoms. The number of hydrogen-bond acceptors (Lipinski definition) is 2. The fourth-order valence-electron chi connectivity index (χ4n) is 3.45. The molecule has 0 radical (unpaired) electrons. The average Bonchev–Trinajstić information content (AvgIpc) is 2.28. The molecular weight excluding hydrogens is 214 g/mol. The number of nitrogens with two attached hydrogens (primary N) is 1. The second-order valence-corrected chi connectivity index (χ2v) is 5.05. The van der Waals surface area contributed by atoms with E-state index in [0.29, 0.717) is 0 Å². The summed E-state index contributed by atoms with van der Waals surface area (Å²) < 4.78 is 0. The van der Waals surface area contributed by atoms with Crippen molar-refractivity contribution < 1.29 is 9.90 Å². The van der Waals surface area contributed by atoms with E-state index in [2.05, 4.69) is 20.8 Å². The van der Waals surface area contributed by atoms with Gasteiger partial charge in [-0.05, 0) is 37.5 Å². The molecule has 0 saturated carbocycles. The summed E-state index contributed by atoms with van der Waals surface area (Å²) in [6.07, 6.45) is 2.99. The molecule has 3 nitrogen and oxygen atoms in total. The standard InChI is InChI=1S/C14H29NO2/c1-6-11(13(15)17)12(7-2)14(8-3,9-4)10(5)16/h10-12,16H,6-9H2,1-5H3,(H2,15,17). The number of primary amides is 1. The van der Waals surface area contributed by atoms with E-state index >= 15 is 0 Å². The Bertz CT molecular complexity index is 234. The molecule has 17 heavy (non-hydrogen) atoms. The van der Waals surface area contributed by atoms with E-state index in [0.717, 1.165) is 25.7 Å². The van der Waals surface area contributed by atoms with Gasteiger partial charge in [-0.3, -0.25) is 4.79 Å². The molecule has 102 valence electrons. The molecule has 3 heteroatoms. The van der Waals surface area contributed by atoms with Crippen molar-refractivity contribution in [2.45, 2.75) is 66.4 Å². The molecule has 0 aromatic carbocycles. The quantitative estimate of drug-likeness (QED) is 0.688. The molecular formula is C14H29NO2. The van der Waals surface area contributed by atoms with Gasteiger partial charge in [0.05, 0.1) is 6.10 Å². The molecule has 3 unspecified atom stereocenters. The van der Waals surface area contributed by atoms with Gasteiger partial charge in [0, 0.05) is 5.92 Å². The van der Waals surface area contributed by atoms with Gasteiger partial charge in [-0.1, -0.05) is 34.1 Å². The summed E-state index contributed by atoms with van der Waals surface area (Å²) in [7, 11) is 0. The number of aliphatic hydroxyl groups excluding tert-OH is 1. The smallest absolute Gasteiger partial charge is 0.220 e. The molecule has 1 amide bonds. The number of amides is 1. The predicted octanol–water partition coefficient (Wildman–Crippen LogP) is 2.71. The molecule has 0 heterocycles. The largest absolute Gasteiger partial charge is 0.393 e. The van der Waals surface area contributed by atoms with Gasteiger partial charge in [0.1, 0.15) is 0 Å². The predicted molar refractivity (Wildman–Crippen MR) is 71.5 cm³/mol. The first-order valence-electron chi connectivity index (χ1n) is 6.88. The maximum Gasteiger partial charge on any atom is 0.220 e. The van der Waals surface area contributed by atoms with Gasteiger partial charge in [-0.2, -0.15) is 0 Å². The second kappa shape index (κ2) is 7.00. The minimum atomic E-state index is -0.407. The fraction of sp³-hybridized carbons (Fsp3) is 0.929. The normalized spacial score (nSPS) is 17.5. The third kappa shape index (κ3) is 3.21. The van der Waals surface area contributed by atoms with Crippen molar-refractivity contribution in [3.63, 3.8) is 0 Å². The molecule has 0 aromatic rings. The monoisotopic (exact) mass is 243 g/mol. The van der Waals surface area contributed by atoms with E-state index in [1.807, 2.05) is 13.8 Å². The van der Waals surface area contributed by atoms with Crippen molar-refractivity contribution in [2.24, 2.45) is 23.0 Å². The molecule has 0 aromatic heterocycles. The maximum absolute atomic E-state index is 11.6. The lowest BCUT2D eigenvalue weighted by atomic mass is 9.61. The van der Waals surface area contributed by atoms with Crippen LogP contribution >= 0.6 is 0 Å². The zero-order valence-electron chi connectivity index (χ0n) is 12.0. The van der Waals surface area contributed by atoms with Crippen molar-refractivity contribution >= 4 is 5.91 Å². The highest BCUT2D eigenvalue weighted by Gasteiger charge is 2.43. The lowest BCUT2D eigenvalue weighted by Crippen LogP contribution is -2.46. The van der Waals surface area contributed by atoms with Crippen molar-refractivity contribution in [1.82, 2.24) is 0 Å². The Morgan fingerprint density at radius 1 is 1.18 bits per heavy atom. The van der Waals surface area contributed by atoms with E-state index < -0.39 is 6.10 Å². The Morgan fingerprint density at radius 3 is 1.82 bits per heavy atom. The summed E-state index contributed by atoms with van der Waals surface area (Å²) in [6, 6.07) is 0. The number of carbonyl (C=O) groups excluding carboxylic acids is 1. The summed E-state index contributed by atoms with van der Waals surface area (Å²) in [5, 5.41) is 10.1. The van der Waals surface area contributed by atoms with Crippen LogP contribution in [0.1, 0.15) is 60.3 Å². The van der Waals surface area contributed by atoms with Crippen LogP contribution in [0.25, 0.3) is 0 Å². The molecule has 0 saturated heterocycles. The average molecular weight is 243 g/mol. The summed E-state index contributed by atoms with van der Waals surface area (Å²) >= 11 is 0. The highest BCUT2D eigenvalue weighted by atomic mass is 16.3. The van der Waals surface area contributed by atoms with Crippen LogP contribution in [0.15, 0.2) is 0 Å². The van der Waals surface area contributed by atoms with Crippen LogP contribution in [0, 0.1) is 17.3 Å². The third-order valence-electron chi connectivity index (χ3n) is 4.62. The van der Waals surface area contributed by atoms with Crippen molar-refractivity contribution in [3.05, 3.63) is 0 Å². The Labute approximate surface area is 106 Å². The van der Waals surface area contributed by atoms with Crippen LogP contribution < -0.4 is 5.73 Å². The molecule has 3 N–H and O–H groups in total. The van der Waals surface area contributed by atoms with Crippen LogP contribution in [0.4, 0.5) is 0 Å². The third-order valence-corrected chi connectivity index (χ3v) is 4.62. The molecule has 0 rings (SSSR count). The van der Waals surface area contributed by atoms with Crippen LogP contribution in [0.2, 0.25) is 0 Å². The van der Waals surface area contributed by atoms with Gasteiger partial charge in [0.25, 0.3) is 0 Å². The van der Waals surface area contributed by atoms with E-state index in [9.17, 15) is 9.90 Å². The first kappa shape index (κ1) is 16.4. The van der Waals surface area contributed by atoms with Crippen LogP contribution in [0.3, 0.4) is 0 Å². The van der Waals surface area contributed by atoms with Crippen molar-refractivity contribution in [3.8, 4) is 0 Å². The van der Waals surface area contributed by atoms with Gasteiger partial charge >= 0.3 is 0 Å². The highest BCUT2D eigenvalue weighted by Crippen LogP contribution is 2.45. The number of aliphatic hydroxyl groups is 1. The molecule has 3 atom stereocenters. The Morgan fingerprint density at radius 2 is 1.65 bits per heavy atom. The summed E-state index contributed by atoms with van der Waals surface area (Å²) in [4.78, 5) is 11.6. The number of rotatable bonds is 8. The van der Waals surface area contributed by atoms with Crippen molar-refractivity contribution in [2.75, 3.05) is 0 Å². The van der Waals surface area contributed by atoms with Gasteiger partial charge in [0.2, 0.25) is 5.91 Å². The van der Waals surface area contributed by atoms with Crippen LogP contribution in [-0.2, 0) is 4.79 Å². The number of hydrogen-bond donors (Lipinski definition) is 2. The zero-order chi connectivity index (χ0) is 13.6. The molecule has 0 aliphatic heterocycles. The zero-order valence-corrected chi connectivity index (χ0v) is 12.0. The first-order valence-corrected chi connectivity index (χ1v) is 6.88. The maximum atomic E-state index is 11.6. The highest BCUT2D eigenvalue weighted by molar-refractivity contribution is 5.77. The molecule has 0 aliphatic rings. The Kier molecular flexibility index (Phi) is 6.76. The lowest BCUT2D eigenvalue weighted by molar-refractivity contribution is -0.128. The summed E-state index contributed by atoms with van der Waals surface area (Å²) in [5.74, 6) is -0.194. The topological polar surface area (TPSA) is 63.3 Å². The van der Waals surface area contributed by atoms with E-state index in [-0.39, 0.29) is 23.2 Å². The second-order valence-electron chi connectivity index (χ2n) is 5.05. The van der Waals surface area contributed by atoms with Crippen LogP contribution in [-0.4, -0.2) is 17.1 Å². The van der Waals surface area contributed by atoms with Gasteiger partial charge in [0.15, 0.2) is 0 Å². The molecule has 0 fully saturated rings. The van der Waals surface area contributed by atoms with Gasteiger partial charge in [-0.15, -0.1) is 0 Å². The fourth-order valence-corrected chi connectivity index (χ4v) is 3.45. The van der Waals surface area contributed by atoms with Crippen LogP contribution in [0.5, 0.6) is 0 Å². The van der Waals surface area contributed by atoms with Crippen molar-refractivity contribution in [1.29, 1.82) is 0 Å². The SMILES string of the molecule is CCC(C(N)=O)C(CC)C(CC)(CC)C(C)O. The summed E-state index contributed by atoms with van der Waals surface area (Å²) in [6.45, 7) is 10.1. The van der Waals surface area contributed by atoms with E-state index in [1.54, 1.807) is 0 Å². The van der Waals surface area contributed by atoms with Gasteiger partial charge < -0.3 is 10.8 Å². The minimum absolute atomic E-state index is 0.130. The summed E-state index contributed by atoms with van der Waals surface area (Å²) in [5.41, 5.74) is 5.32. The first-order chi connectivity index (χ1) is 7.91. The lowest BCUT2D eigenvalue weighted by Gasteiger charge is -2.44. The molecule has 0 bridgehead atoms. The Balaban J connectivity index is 5.35. The number of carbonyl (C=O) groups is 1.